The molecule has 2 heterocycles. The minimum absolute atomic E-state index is 0.0199. The summed E-state index contributed by atoms with van der Waals surface area (Å²) in [5, 5.41) is 3.36. The van der Waals surface area contributed by atoms with Crippen LogP contribution in [0.5, 0.6) is 5.75 Å². The number of nitrogens with zero attached hydrogens (tertiary/aromatic N) is 1. The predicted octanol–water partition coefficient (Wildman–Crippen LogP) is 2.81. The average Bonchev–Trinajstić information content (AvgIpc) is 2.51. The van der Waals surface area contributed by atoms with Crippen molar-refractivity contribution in [3.8, 4) is 5.75 Å². The third-order valence-corrected chi connectivity index (χ3v) is 4.15. The SMILES string of the molecule is CCCCCCOc1cccn(CC2CCNCC2)c1=O. The molecule has 2 rings (SSSR count). The van der Waals surface area contributed by atoms with Gasteiger partial charge in [-0.1, -0.05) is 26.2 Å². The van der Waals surface area contributed by atoms with Gasteiger partial charge < -0.3 is 14.6 Å². The largest absolute Gasteiger partial charge is 0.488 e. The first-order chi connectivity index (χ1) is 10.3. The lowest BCUT2D eigenvalue weighted by Gasteiger charge is -2.23. The number of hydrogen-bond donors (Lipinski definition) is 1. The highest BCUT2D eigenvalue weighted by Gasteiger charge is 2.15. The lowest BCUT2D eigenvalue weighted by Crippen LogP contribution is -2.32. The number of piperidine rings is 1. The van der Waals surface area contributed by atoms with Crippen LogP contribution in [0.4, 0.5) is 0 Å². The van der Waals surface area contributed by atoms with Crippen LogP contribution in [0, 0.1) is 5.92 Å². The Morgan fingerprint density at radius 1 is 1.29 bits per heavy atom. The van der Waals surface area contributed by atoms with Crippen molar-refractivity contribution >= 4 is 0 Å². The van der Waals surface area contributed by atoms with Crippen molar-refractivity contribution in [3.05, 3.63) is 28.7 Å². The number of rotatable bonds is 8. The fraction of sp³-hybridized carbons (Fsp3) is 0.706. The molecule has 0 spiro atoms. The smallest absolute Gasteiger partial charge is 0.292 e. The van der Waals surface area contributed by atoms with Gasteiger partial charge in [0.25, 0.3) is 5.56 Å². The summed E-state index contributed by atoms with van der Waals surface area (Å²) in [6.07, 6.45) is 8.83. The summed E-state index contributed by atoms with van der Waals surface area (Å²) in [5.74, 6) is 1.10. The predicted molar refractivity (Wildman–Crippen MR) is 85.9 cm³/mol. The quantitative estimate of drug-likeness (QED) is 0.749. The van der Waals surface area contributed by atoms with Crippen LogP contribution in [0.2, 0.25) is 0 Å². The maximum absolute atomic E-state index is 12.4. The Balaban J connectivity index is 1.87. The van der Waals surface area contributed by atoms with E-state index in [1.165, 1.54) is 19.3 Å². The van der Waals surface area contributed by atoms with Crippen LogP contribution in [0.3, 0.4) is 0 Å². The molecule has 0 atom stereocenters. The van der Waals surface area contributed by atoms with Gasteiger partial charge in [0.2, 0.25) is 0 Å². The molecule has 0 aromatic carbocycles. The lowest BCUT2D eigenvalue weighted by atomic mass is 9.98. The van der Waals surface area contributed by atoms with Crippen molar-refractivity contribution in [2.45, 2.75) is 52.0 Å². The number of hydrogen-bond acceptors (Lipinski definition) is 3. The molecule has 21 heavy (non-hydrogen) atoms. The molecule has 1 N–H and O–H groups in total. The number of unbranched alkanes of at least 4 members (excludes halogenated alkanes) is 3. The molecular formula is C17H28N2O2. The summed E-state index contributed by atoms with van der Waals surface area (Å²) in [6, 6.07) is 3.71. The second-order valence-electron chi connectivity index (χ2n) is 5.93. The maximum atomic E-state index is 12.4. The van der Waals surface area contributed by atoms with E-state index in [4.69, 9.17) is 4.74 Å². The van der Waals surface area contributed by atoms with Crippen molar-refractivity contribution in [1.82, 2.24) is 9.88 Å². The van der Waals surface area contributed by atoms with E-state index in [2.05, 4.69) is 12.2 Å². The highest BCUT2D eigenvalue weighted by atomic mass is 16.5. The number of pyridine rings is 1. The van der Waals surface area contributed by atoms with Crippen molar-refractivity contribution in [3.63, 3.8) is 0 Å². The van der Waals surface area contributed by atoms with Crippen LogP contribution in [0.15, 0.2) is 23.1 Å². The van der Waals surface area contributed by atoms with Crippen molar-refractivity contribution in [2.24, 2.45) is 5.92 Å². The van der Waals surface area contributed by atoms with Gasteiger partial charge in [-0.25, -0.2) is 0 Å². The molecule has 0 aliphatic carbocycles. The van der Waals surface area contributed by atoms with E-state index < -0.39 is 0 Å². The van der Waals surface area contributed by atoms with Crippen LogP contribution in [0.25, 0.3) is 0 Å². The molecule has 0 radical (unpaired) electrons. The third-order valence-electron chi connectivity index (χ3n) is 4.15. The van der Waals surface area contributed by atoms with Crippen LogP contribution in [-0.2, 0) is 6.54 Å². The normalized spacial score (nSPS) is 16.0. The highest BCUT2D eigenvalue weighted by molar-refractivity contribution is 5.17. The third kappa shape index (κ3) is 5.20. The average molecular weight is 292 g/mol. The van der Waals surface area contributed by atoms with Crippen molar-refractivity contribution in [1.29, 1.82) is 0 Å². The van der Waals surface area contributed by atoms with E-state index in [0.717, 1.165) is 38.9 Å². The Hall–Kier alpha value is -1.29. The second kappa shape index (κ2) is 8.88. The molecular weight excluding hydrogens is 264 g/mol. The maximum Gasteiger partial charge on any atom is 0.292 e. The van der Waals surface area contributed by atoms with E-state index in [1.807, 2.05) is 16.8 Å². The first kappa shape index (κ1) is 16.1. The molecule has 1 saturated heterocycles. The van der Waals surface area contributed by atoms with Gasteiger partial charge in [-0.05, 0) is 50.4 Å². The first-order valence-electron chi connectivity index (χ1n) is 8.34. The lowest BCUT2D eigenvalue weighted by molar-refractivity contribution is 0.291. The monoisotopic (exact) mass is 292 g/mol. The van der Waals surface area contributed by atoms with E-state index in [9.17, 15) is 4.79 Å². The zero-order valence-corrected chi connectivity index (χ0v) is 13.1. The minimum Gasteiger partial charge on any atom is -0.488 e. The number of nitrogens with one attached hydrogen (secondary N) is 1. The van der Waals surface area contributed by atoms with Gasteiger partial charge >= 0.3 is 0 Å². The molecule has 1 aromatic heterocycles. The molecule has 0 saturated carbocycles. The van der Waals surface area contributed by atoms with Gasteiger partial charge in [0.05, 0.1) is 6.61 Å². The number of aromatic nitrogens is 1. The Bertz CT molecular complexity index is 464. The molecule has 1 aliphatic heterocycles. The summed E-state index contributed by atoms with van der Waals surface area (Å²) >= 11 is 0. The Kier molecular flexibility index (Phi) is 6.80. The first-order valence-corrected chi connectivity index (χ1v) is 8.34. The standard InChI is InChI=1S/C17H28N2O2/c1-2-3-4-5-13-21-16-7-6-12-19(17(16)20)14-15-8-10-18-11-9-15/h6-7,12,15,18H,2-5,8-11,13-14H2,1H3. The Labute approximate surface area is 127 Å². The summed E-state index contributed by atoms with van der Waals surface area (Å²) in [7, 11) is 0. The van der Waals surface area contributed by atoms with Crippen LogP contribution >= 0.6 is 0 Å². The van der Waals surface area contributed by atoms with E-state index in [0.29, 0.717) is 18.3 Å². The summed E-state index contributed by atoms with van der Waals surface area (Å²) in [5.41, 5.74) is 0.0199. The molecule has 118 valence electrons. The molecule has 0 unspecified atom stereocenters. The topological polar surface area (TPSA) is 43.3 Å². The van der Waals surface area contributed by atoms with Crippen LogP contribution in [0.1, 0.15) is 45.4 Å². The minimum atomic E-state index is 0.0199. The molecule has 1 aromatic rings. The van der Waals surface area contributed by atoms with Crippen molar-refractivity contribution < 1.29 is 4.74 Å². The van der Waals surface area contributed by atoms with E-state index in [1.54, 1.807) is 6.07 Å². The summed E-state index contributed by atoms with van der Waals surface area (Å²) in [4.78, 5) is 12.4. The molecule has 4 heteroatoms. The fourth-order valence-electron chi connectivity index (χ4n) is 2.82. The van der Waals surface area contributed by atoms with E-state index >= 15 is 0 Å². The molecule has 0 amide bonds. The Morgan fingerprint density at radius 2 is 2.10 bits per heavy atom. The van der Waals surface area contributed by atoms with Gasteiger partial charge in [-0.2, -0.15) is 0 Å². The van der Waals surface area contributed by atoms with Gasteiger partial charge in [-0.15, -0.1) is 0 Å². The summed E-state index contributed by atoms with van der Waals surface area (Å²) < 4.78 is 7.48. The van der Waals surface area contributed by atoms with E-state index in [-0.39, 0.29) is 5.56 Å². The number of ether oxygens (including phenoxy) is 1. The fourth-order valence-corrected chi connectivity index (χ4v) is 2.82. The van der Waals surface area contributed by atoms with Gasteiger partial charge in [0.1, 0.15) is 0 Å². The molecule has 0 bridgehead atoms. The van der Waals surface area contributed by atoms with Gasteiger partial charge in [0.15, 0.2) is 5.75 Å². The van der Waals surface area contributed by atoms with Crippen LogP contribution < -0.4 is 15.6 Å². The molecule has 1 fully saturated rings. The van der Waals surface area contributed by atoms with Gasteiger partial charge in [-0.3, -0.25) is 4.79 Å². The zero-order chi connectivity index (χ0) is 14.9. The van der Waals surface area contributed by atoms with Gasteiger partial charge in [0, 0.05) is 12.7 Å². The Morgan fingerprint density at radius 3 is 2.86 bits per heavy atom. The zero-order valence-electron chi connectivity index (χ0n) is 13.1. The molecule has 1 aliphatic rings. The van der Waals surface area contributed by atoms with Crippen LogP contribution in [-0.4, -0.2) is 24.3 Å². The summed E-state index contributed by atoms with van der Waals surface area (Å²) in [6.45, 7) is 5.78. The highest BCUT2D eigenvalue weighted by Crippen LogP contribution is 2.14. The van der Waals surface area contributed by atoms with Crippen molar-refractivity contribution in [2.75, 3.05) is 19.7 Å². The second-order valence-corrected chi connectivity index (χ2v) is 5.93. The molecule has 4 nitrogen and oxygen atoms in total.